The van der Waals surface area contributed by atoms with Crippen molar-refractivity contribution in [2.45, 2.75) is 57.9 Å². The predicted molar refractivity (Wildman–Crippen MR) is 92.6 cm³/mol. The summed E-state index contributed by atoms with van der Waals surface area (Å²) in [7, 11) is 0. The molecule has 0 spiro atoms. The van der Waals surface area contributed by atoms with Crippen LogP contribution >= 0.6 is 0 Å². The van der Waals surface area contributed by atoms with Crippen molar-refractivity contribution < 1.29 is 9.59 Å². The van der Waals surface area contributed by atoms with Gasteiger partial charge in [-0.25, -0.2) is 9.67 Å². The van der Waals surface area contributed by atoms with Crippen molar-refractivity contribution in [3.8, 4) is 0 Å². The van der Waals surface area contributed by atoms with Crippen molar-refractivity contribution in [1.82, 2.24) is 19.7 Å². The minimum absolute atomic E-state index is 0.0452. The lowest BCUT2D eigenvalue weighted by atomic mass is 9.88. The molecule has 7 nitrogen and oxygen atoms in total. The number of anilines is 1. The van der Waals surface area contributed by atoms with Crippen LogP contribution in [0.3, 0.4) is 0 Å². The molecule has 25 heavy (non-hydrogen) atoms. The second-order valence-corrected chi connectivity index (χ2v) is 7.83. The van der Waals surface area contributed by atoms with Crippen molar-refractivity contribution in [2.24, 2.45) is 17.8 Å². The van der Waals surface area contributed by atoms with Crippen molar-refractivity contribution in [1.29, 1.82) is 0 Å². The zero-order valence-electron chi connectivity index (χ0n) is 14.7. The van der Waals surface area contributed by atoms with E-state index < -0.39 is 0 Å². The minimum atomic E-state index is 0.0452. The van der Waals surface area contributed by atoms with Gasteiger partial charge < -0.3 is 4.90 Å². The maximum atomic E-state index is 12.4. The highest BCUT2D eigenvalue weighted by Gasteiger charge is 2.43. The molecule has 0 radical (unpaired) electrons. The molecule has 3 unspecified atom stereocenters. The fourth-order valence-corrected chi connectivity index (χ4v) is 4.76. The van der Waals surface area contributed by atoms with Crippen LogP contribution in [0.25, 0.3) is 0 Å². The molecule has 2 amide bonds. The van der Waals surface area contributed by atoms with Crippen molar-refractivity contribution in [2.75, 3.05) is 18.4 Å². The van der Waals surface area contributed by atoms with Crippen LogP contribution in [-0.2, 0) is 16.1 Å². The molecule has 1 N–H and O–H groups in total. The Bertz CT molecular complexity index is 635. The van der Waals surface area contributed by atoms with Crippen LogP contribution in [0.1, 0.15) is 51.4 Å². The number of aromatic nitrogens is 3. The van der Waals surface area contributed by atoms with Crippen LogP contribution in [-0.4, -0.2) is 44.6 Å². The smallest absolute Gasteiger partial charge is 0.248 e. The molecule has 0 aromatic carbocycles. The summed E-state index contributed by atoms with van der Waals surface area (Å²) in [6.07, 6.45) is 10.7. The molecule has 3 aliphatic rings. The van der Waals surface area contributed by atoms with E-state index in [2.05, 4.69) is 15.4 Å². The molecule has 2 aliphatic carbocycles. The largest absolute Gasteiger partial charge is 0.341 e. The first-order valence-corrected chi connectivity index (χ1v) is 9.67. The van der Waals surface area contributed by atoms with Crippen molar-refractivity contribution in [3.63, 3.8) is 0 Å². The first-order valence-electron chi connectivity index (χ1n) is 9.67. The molecule has 3 atom stereocenters. The van der Waals surface area contributed by atoms with E-state index in [1.54, 1.807) is 0 Å². The highest BCUT2D eigenvalue weighted by molar-refractivity contribution is 5.91. The van der Waals surface area contributed by atoms with E-state index >= 15 is 0 Å². The summed E-state index contributed by atoms with van der Waals surface area (Å²) < 4.78 is 1.53. The number of rotatable bonds is 4. The Morgan fingerprint density at radius 3 is 2.60 bits per heavy atom. The second-order valence-electron chi connectivity index (χ2n) is 7.83. The molecule has 3 fully saturated rings. The highest BCUT2D eigenvalue weighted by atomic mass is 16.2. The Kier molecular flexibility index (Phi) is 4.72. The van der Waals surface area contributed by atoms with Crippen molar-refractivity contribution >= 4 is 17.8 Å². The van der Waals surface area contributed by atoms with Gasteiger partial charge >= 0.3 is 0 Å². The Labute approximate surface area is 148 Å². The first kappa shape index (κ1) is 16.5. The molecule has 1 aromatic rings. The second kappa shape index (κ2) is 7.14. The lowest BCUT2D eigenvalue weighted by Gasteiger charge is -2.20. The van der Waals surface area contributed by atoms with E-state index in [0.29, 0.717) is 11.9 Å². The molecule has 4 rings (SSSR count). The molecular formula is C18H27N5O2. The Morgan fingerprint density at radius 1 is 1.12 bits per heavy atom. The summed E-state index contributed by atoms with van der Waals surface area (Å²) in [5.41, 5.74) is 0. The number of carbonyl (C=O) groups is 2. The average molecular weight is 345 g/mol. The maximum absolute atomic E-state index is 12.4. The van der Waals surface area contributed by atoms with Gasteiger partial charge in [0, 0.05) is 19.0 Å². The molecular weight excluding hydrogens is 318 g/mol. The number of hydrogen-bond donors (Lipinski definition) is 1. The number of nitrogens with one attached hydrogen (secondary N) is 1. The molecule has 2 saturated carbocycles. The van der Waals surface area contributed by atoms with Gasteiger partial charge in [0.05, 0.1) is 0 Å². The Hall–Kier alpha value is -1.92. The Balaban J connectivity index is 1.31. The number of likely N-dealkylation sites (tertiary alicyclic amines) is 1. The Morgan fingerprint density at radius 2 is 1.92 bits per heavy atom. The quantitative estimate of drug-likeness (QED) is 0.906. The number of fused-ring (bicyclic) bond motifs is 2. The molecule has 2 bridgehead atoms. The molecule has 1 aliphatic heterocycles. The maximum Gasteiger partial charge on any atom is 0.248 e. The van der Waals surface area contributed by atoms with Gasteiger partial charge in [0.2, 0.25) is 17.8 Å². The number of carbonyl (C=O) groups excluding carboxylic acids is 2. The first-order chi connectivity index (χ1) is 12.2. The van der Waals surface area contributed by atoms with Gasteiger partial charge in [-0.2, -0.15) is 0 Å². The lowest BCUT2D eigenvalue weighted by molar-refractivity contribution is -0.132. The third-order valence-corrected chi connectivity index (χ3v) is 6.10. The predicted octanol–water partition coefficient (Wildman–Crippen LogP) is 2.06. The summed E-state index contributed by atoms with van der Waals surface area (Å²) >= 11 is 0. The summed E-state index contributed by atoms with van der Waals surface area (Å²) in [4.78, 5) is 30.9. The molecule has 1 aromatic heterocycles. The fraction of sp³-hybridized carbons (Fsp3) is 0.778. The van der Waals surface area contributed by atoms with Crippen LogP contribution in [0.2, 0.25) is 0 Å². The van der Waals surface area contributed by atoms with Gasteiger partial charge in [-0.3, -0.25) is 14.9 Å². The molecule has 7 heteroatoms. The van der Waals surface area contributed by atoms with Crippen LogP contribution in [0.15, 0.2) is 6.33 Å². The summed E-state index contributed by atoms with van der Waals surface area (Å²) in [6.45, 7) is 1.86. The van der Waals surface area contributed by atoms with Gasteiger partial charge in [0.25, 0.3) is 0 Å². The zero-order valence-corrected chi connectivity index (χ0v) is 14.7. The van der Waals surface area contributed by atoms with E-state index in [1.807, 2.05) is 4.90 Å². The lowest BCUT2D eigenvalue weighted by Crippen LogP contribution is -2.34. The SMILES string of the molecule is O=C(Nc1ncn(CC(=O)N2CCCCCC2)n1)C1CC2CCC1C2. The standard InChI is InChI=1S/C18H27N5O2/c24-16(22-7-3-1-2-4-8-22)11-23-12-19-18(21-23)20-17(25)15-10-13-5-6-14(15)9-13/h12-15H,1-11H2,(H,20,21,25). The number of hydrogen-bond acceptors (Lipinski definition) is 4. The summed E-state index contributed by atoms with van der Waals surface area (Å²) in [5.74, 6) is 1.83. The van der Waals surface area contributed by atoms with E-state index in [1.165, 1.54) is 43.1 Å². The monoisotopic (exact) mass is 345 g/mol. The third-order valence-electron chi connectivity index (χ3n) is 6.10. The number of amides is 2. The summed E-state index contributed by atoms with van der Waals surface area (Å²) in [5, 5.41) is 7.11. The van der Waals surface area contributed by atoms with Gasteiger partial charge in [0.15, 0.2) is 0 Å². The van der Waals surface area contributed by atoms with E-state index in [0.717, 1.165) is 38.3 Å². The fourth-order valence-electron chi connectivity index (χ4n) is 4.76. The third kappa shape index (κ3) is 3.70. The summed E-state index contributed by atoms with van der Waals surface area (Å²) in [6, 6.07) is 0. The molecule has 2 heterocycles. The van der Waals surface area contributed by atoms with Crippen LogP contribution in [0.4, 0.5) is 5.95 Å². The van der Waals surface area contributed by atoms with E-state index in [9.17, 15) is 9.59 Å². The van der Waals surface area contributed by atoms with Gasteiger partial charge in [-0.05, 0) is 43.9 Å². The van der Waals surface area contributed by atoms with Crippen LogP contribution in [0, 0.1) is 17.8 Å². The average Bonchev–Trinajstić information content (AvgIpc) is 3.28. The normalized spacial score (nSPS) is 28.8. The van der Waals surface area contributed by atoms with Crippen LogP contribution in [0.5, 0.6) is 0 Å². The van der Waals surface area contributed by atoms with Crippen molar-refractivity contribution in [3.05, 3.63) is 6.33 Å². The molecule has 1 saturated heterocycles. The number of nitrogens with zero attached hydrogens (tertiary/aromatic N) is 4. The highest BCUT2D eigenvalue weighted by Crippen LogP contribution is 2.48. The van der Waals surface area contributed by atoms with Gasteiger partial charge in [-0.15, -0.1) is 5.10 Å². The molecule has 136 valence electrons. The topological polar surface area (TPSA) is 80.1 Å². The zero-order chi connectivity index (χ0) is 17.2. The minimum Gasteiger partial charge on any atom is -0.341 e. The van der Waals surface area contributed by atoms with Gasteiger partial charge in [-0.1, -0.05) is 19.3 Å². The van der Waals surface area contributed by atoms with Crippen LogP contribution < -0.4 is 5.32 Å². The van der Waals surface area contributed by atoms with E-state index in [4.69, 9.17) is 0 Å². The van der Waals surface area contributed by atoms with E-state index in [-0.39, 0.29) is 24.3 Å². The van der Waals surface area contributed by atoms with Gasteiger partial charge in [0.1, 0.15) is 12.9 Å².